The molecule has 4 heteroatoms. The molecule has 0 aliphatic carbocycles. The van der Waals surface area contributed by atoms with Crippen molar-refractivity contribution in [2.45, 2.75) is 26.3 Å². The molecule has 112 valence electrons. The van der Waals surface area contributed by atoms with Gasteiger partial charge in [-0.3, -0.25) is 0 Å². The number of hydrogen-bond acceptors (Lipinski definition) is 3. The van der Waals surface area contributed by atoms with Gasteiger partial charge in [-0.15, -0.1) is 0 Å². The fraction of sp³-hybridized carbons (Fsp3) is 0.294. The summed E-state index contributed by atoms with van der Waals surface area (Å²) in [6, 6.07) is 12.1. The first-order chi connectivity index (χ1) is 10.1. The molecule has 0 aliphatic heterocycles. The van der Waals surface area contributed by atoms with Crippen molar-refractivity contribution in [1.29, 1.82) is 0 Å². The quantitative estimate of drug-likeness (QED) is 0.845. The van der Waals surface area contributed by atoms with Crippen LogP contribution in [0.3, 0.4) is 0 Å². The highest BCUT2D eigenvalue weighted by Crippen LogP contribution is 2.22. The lowest BCUT2D eigenvalue weighted by molar-refractivity contribution is 0.321. The Kier molecular flexibility index (Phi) is 5.04. The maximum Gasteiger partial charge on any atom is 0.167 e. The number of anilines is 1. The number of nitrogens with one attached hydrogen (secondary N) is 1. The molecule has 2 aromatic rings. The fourth-order valence-corrected chi connectivity index (χ4v) is 2.18. The van der Waals surface area contributed by atoms with Crippen molar-refractivity contribution in [3.05, 3.63) is 53.8 Å². The average molecular weight is 289 g/mol. The number of hydrogen-bond donors (Lipinski definition) is 2. The van der Waals surface area contributed by atoms with Crippen LogP contribution in [0.15, 0.2) is 42.5 Å². The number of aromatic hydroxyl groups is 1. The van der Waals surface area contributed by atoms with E-state index < -0.39 is 0 Å². The minimum atomic E-state index is -0.362. The van der Waals surface area contributed by atoms with E-state index in [1.54, 1.807) is 24.3 Å². The van der Waals surface area contributed by atoms with Crippen LogP contribution in [-0.4, -0.2) is 17.8 Å². The van der Waals surface area contributed by atoms with Crippen LogP contribution in [0.2, 0.25) is 0 Å². The summed E-state index contributed by atoms with van der Waals surface area (Å²) >= 11 is 0. The topological polar surface area (TPSA) is 41.5 Å². The van der Waals surface area contributed by atoms with Gasteiger partial charge in [0.05, 0.1) is 6.61 Å². The van der Waals surface area contributed by atoms with Crippen LogP contribution in [0.1, 0.15) is 19.4 Å². The summed E-state index contributed by atoms with van der Waals surface area (Å²) in [5.74, 6) is 0.167. The Labute approximate surface area is 124 Å². The molecule has 21 heavy (non-hydrogen) atoms. The van der Waals surface area contributed by atoms with E-state index in [4.69, 9.17) is 4.74 Å². The van der Waals surface area contributed by atoms with Gasteiger partial charge in [0.15, 0.2) is 11.6 Å². The second-order valence-electron chi connectivity index (χ2n) is 4.99. The standard InChI is InChI=1S/C17H20FNO2/c1-3-21-17-9-6-14(11-16(17)18)19-12(2)10-13-4-7-15(20)8-5-13/h4-9,11-12,19-20H,3,10H2,1-2H3. The van der Waals surface area contributed by atoms with Crippen molar-refractivity contribution < 1.29 is 14.2 Å². The number of benzene rings is 2. The van der Waals surface area contributed by atoms with Gasteiger partial charge in [0, 0.05) is 17.8 Å². The summed E-state index contributed by atoms with van der Waals surface area (Å²) in [4.78, 5) is 0. The first-order valence-corrected chi connectivity index (χ1v) is 7.05. The first kappa shape index (κ1) is 15.2. The predicted molar refractivity (Wildman–Crippen MR) is 82.5 cm³/mol. The minimum Gasteiger partial charge on any atom is -0.508 e. The highest BCUT2D eigenvalue weighted by atomic mass is 19.1. The molecule has 0 saturated heterocycles. The first-order valence-electron chi connectivity index (χ1n) is 7.05. The Morgan fingerprint density at radius 1 is 1.19 bits per heavy atom. The van der Waals surface area contributed by atoms with Gasteiger partial charge in [-0.25, -0.2) is 4.39 Å². The molecule has 2 aromatic carbocycles. The van der Waals surface area contributed by atoms with E-state index in [0.29, 0.717) is 6.61 Å². The average Bonchev–Trinajstić information content (AvgIpc) is 2.44. The van der Waals surface area contributed by atoms with Gasteiger partial charge in [-0.05, 0) is 50.1 Å². The lowest BCUT2D eigenvalue weighted by Crippen LogP contribution is -2.18. The molecule has 0 bridgehead atoms. The smallest absolute Gasteiger partial charge is 0.167 e. The SMILES string of the molecule is CCOc1ccc(NC(C)Cc2ccc(O)cc2)cc1F. The lowest BCUT2D eigenvalue weighted by atomic mass is 10.1. The summed E-state index contributed by atoms with van der Waals surface area (Å²) in [6.07, 6.45) is 0.787. The van der Waals surface area contributed by atoms with E-state index in [1.165, 1.54) is 6.07 Å². The van der Waals surface area contributed by atoms with Gasteiger partial charge >= 0.3 is 0 Å². The Hall–Kier alpha value is -2.23. The molecule has 2 N–H and O–H groups in total. The second-order valence-corrected chi connectivity index (χ2v) is 4.99. The normalized spacial score (nSPS) is 12.0. The monoisotopic (exact) mass is 289 g/mol. The van der Waals surface area contributed by atoms with Crippen LogP contribution < -0.4 is 10.1 Å². The van der Waals surface area contributed by atoms with Crippen LogP contribution in [0.4, 0.5) is 10.1 Å². The van der Waals surface area contributed by atoms with Gasteiger partial charge in [0.25, 0.3) is 0 Å². The van der Waals surface area contributed by atoms with E-state index in [-0.39, 0.29) is 23.4 Å². The third-order valence-corrected chi connectivity index (χ3v) is 3.12. The molecule has 0 fully saturated rings. The van der Waals surface area contributed by atoms with E-state index in [1.807, 2.05) is 26.0 Å². The zero-order valence-corrected chi connectivity index (χ0v) is 12.3. The predicted octanol–water partition coefficient (Wildman–Crippen LogP) is 3.97. The van der Waals surface area contributed by atoms with Crippen molar-refractivity contribution in [1.82, 2.24) is 0 Å². The summed E-state index contributed by atoms with van der Waals surface area (Å²) in [5.41, 5.74) is 1.83. The zero-order valence-electron chi connectivity index (χ0n) is 12.3. The van der Waals surface area contributed by atoms with E-state index in [2.05, 4.69) is 5.32 Å². The molecule has 1 unspecified atom stereocenters. The van der Waals surface area contributed by atoms with E-state index >= 15 is 0 Å². The molecule has 3 nitrogen and oxygen atoms in total. The van der Waals surface area contributed by atoms with Crippen molar-refractivity contribution in [3.8, 4) is 11.5 Å². The zero-order chi connectivity index (χ0) is 15.2. The maximum atomic E-state index is 13.8. The number of halogens is 1. The maximum absolute atomic E-state index is 13.8. The Balaban J connectivity index is 1.97. The fourth-order valence-electron chi connectivity index (χ4n) is 2.18. The molecule has 0 amide bonds. The lowest BCUT2D eigenvalue weighted by Gasteiger charge is -2.16. The molecule has 1 atom stereocenters. The van der Waals surface area contributed by atoms with Crippen LogP contribution in [0.25, 0.3) is 0 Å². The summed E-state index contributed by atoms with van der Waals surface area (Å²) in [6.45, 7) is 4.30. The van der Waals surface area contributed by atoms with E-state index in [0.717, 1.165) is 17.7 Å². The van der Waals surface area contributed by atoms with Gasteiger partial charge in [-0.1, -0.05) is 12.1 Å². The number of phenolic OH excluding ortho intramolecular Hbond substituents is 1. The van der Waals surface area contributed by atoms with Crippen LogP contribution in [0, 0.1) is 5.82 Å². The number of ether oxygens (including phenoxy) is 1. The molecular weight excluding hydrogens is 269 g/mol. The summed E-state index contributed by atoms with van der Waals surface area (Å²) in [5, 5.41) is 12.5. The van der Waals surface area contributed by atoms with Gasteiger partial charge in [-0.2, -0.15) is 0 Å². The largest absolute Gasteiger partial charge is 0.508 e. The molecular formula is C17H20FNO2. The minimum absolute atomic E-state index is 0.145. The number of phenols is 1. The molecule has 0 spiro atoms. The second kappa shape index (κ2) is 6.97. The Morgan fingerprint density at radius 2 is 1.90 bits per heavy atom. The van der Waals surface area contributed by atoms with Crippen molar-refractivity contribution in [3.63, 3.8) is 0 Å². The molecule has 2 rings (SSSR count). The van der Waals surface area contributed by atoms with Crippen molar-refractivity contribution >= 4 is 5.69 Å². The summed E-state index contributed by atoms with van der Waals surface area (Å²) < 4.78 is 18.9. The molecule has 0 saturated carbocycles. The van der Waals surface area contributed by atoms with Crippen LogP contribution >= 0.6 is 0 Å². The van der Waals surface area contributed by atoms with Gasteiger partial charge in [0.2, 0.25) is 0 Å². The Bertz CT molecular complexity index is 584. The Morgan fingerprint density at radius 3 is 2.52 bits per heavy atom. The molecule has 0 heterocycles. The summed E-state index contributed by atoms with van der Waals surface area (Å²) in [7, 11) is 0. The third-order valence-electron chi connectivity index (χ3n) is 3.12. The highest BCUT2D eigenvalue weighted by molar-refractivity contribution is 5.48. The van der Waals surface area contributed by atoms with E-state index in [9.17, 15) is 9.50 Å². The van der Waals surface area contributed by atoms with Gasteiger partial charge < -0.3 is 15.2 Å². The van der Waals surface area contributed by atoms with Crippen LogP contribution in [0.5, 0.6) is 11.5 Å². The molecule has 0 aliphatic rings. The molecule has 0 radical (unpaired) electrons. The highest BCUT2D eigenvalue weighted by Gasteiger charge is 2.07. The van der Waals surface area contributed by atoms with Crippen LogP contribution in [-0.2, 0) is 6.42 Å². The van der Waals surface area contributed by atoms with Gasteiger partial charge in [0.1, 0.15) is 5.75 Å². The number of rotatable bonds is 6. The van der Waals surface area contributed by atoms with Crippen molar-refractivity contribution in [2.24, 2.45) is 0 Å². The third kappa shape index (κ3) is 4.38. The van der Waals surface area contributed by atoms with Crippen molar-refractivity contribution in [2.75, 3.05) is 11.9 Å². The molecule has 0 aromatic heterocycles.